The second-order valence-corrected chi connectivity index (χ2v) is 9.53. The fourth-order valence-electron chi connectivity index (χ4n) is 6.14. The van der Waals surface area contributed by atoms with Gasteiger partial charge in [0.25, 0.3) is 5.91 Å². The molecule has 4 amide bonds. The molecule has 8 heteroatoms. The van der Waals surface area contributed by atoms with Crippen LogP contribution in [0.2, 0.25) is 0 Å². The summed E-state index contributed by atoms with van der Waals surface area (Å²) in [6.45, 7) is 1.99. The first kappa shape index (κ1) is 22.3. The number of nitrogens with zero attached hydrogens (tertiary/aromatic N) is 1. The van der Waals surface area contributed by atoms with Crippen LogP contribution in [0.5, 0.6) is 0 Å². The Balaban J connectivity index is 0.00000240. The predicted octanol–water partition coefficient (Wildman–Crippen LogP) is 2.32. The van der Waals surface area contributed by atoms with E-state index >= 15 is 0 Å². The molecule has 0 aromatic heterocycles. The largest absolute Gasteiger partial charge is 0.351 e. The molecule has 0 aromatic rings. The van der Waals surface area contributed by atoms with E-state index < -0.39 is 11.6 Å². The topological polar surface area (TPSA) is 105 Å². The maximum absolute atomic E-state index is 13.0. The zero-order chi connectivity index (χ0) is 19.9. The summed E-state index contributed by atoms with van der Waals surface area (Å²) in [5.74, 6) is 1.04. The Kier molecular flexibility index (Phi) is 6.78. The maximum Gasteiger partial charge on any atom is 0.325 e. The number of rotatable bonds is 4. The van der Waals surface area contributed by atoms with Gasteiger partial charge in [-0.15, -0.1) is 12.4 Å². The highest BCUT2D eigenvalue weighted by Crippen LogP contribution is 2.40. The highest BCUT2D eigenvalue weighted by Gasteiger charge is 2.52. The summed E-state index contributed by atoms with van der Waals surface area (Å²) in [6.07, 6.45) is 9.67. The van der Waals surface area contributed by atoms with Crippen molar-refractivity contribution < 1.29 is 14.4 Å². The SMILES string of the molecule is CCC1CCC2(CC1)NC(=O)N(CC(=O)NC1C3CCCC1CC(N)C3)C2=O.Cl. The van der Waals surface area contributed by atoms with Crippen LogP contribution < -0.4 is 16.4 Å². The average molecular weight is 427 g/mol. The fraction of sp³-hybridized carbons (Fsp3) is 0.857. The lowest BCUT2D eigenvalue weighted by atomic mass is 9.67. The van der Waals surface area contributed by atoms with E-state index in [4.69, 9.17) is 5.73 Å². The first-order valence-electron chi connectivity index (χ1n) is 11.1. The molecular weight excluding hydrogens is 392 g/mol. The zero-order valence-corrected chi connectivity index (χ0v) is 18.1. The Morgan fingerprint density at radius 1 is 1.17 bits per heavy atom. The second kappa shape index (κ2) is 8.80. The summed E-state index contributed by atoms with van der Waals surface area (Å²) >= 11 is 0. The first-order valence-corrected chi connectivity index (χ1v) is 11.1. The molecule has 1 aliphatic heterocycles. The summed E-state index contributed by atoms with van der Waals surface area (Å²) in [5.41, 5.74) is 5.39. The van der Waals surface area contributed by atoms with Crippen LogP contribution >= 0.6 is 12.4 Å². The van der Waals surface area contributed by atoms with Gasteiger partial charge in [-0.05, 0) is 69.1 Å². The van der Waals surface area contributed by atoms with Crippen molar-refractivity contribution in [1.82, 2.24) is 15.5 Å². The molecule has 2 atom stereocenters. The first-order chi connectivity index (χ1) is 13.4. The Hall–Kier alpha value is -1.34. The third-order valence-corrected chi connectivity index (χ3v) is 7.79. The standard InChI is InChI=1S/C21H34N4O3.ClH/c1-2-13-6-8-21(9-7-13)19(27)25(20(28)24-21)12-17(26)23-18-14-4-3-5-15(18)11-16(22)10-14;/h13-16,18H,2-12,22H2,1H3,(H,23,26)(H,24,28);1H. The number of fused-ring (bicyclic) bond motifs is 2. The molecule has 4 aliphatic rings. The van der Waals surface area contributed by atoms with E-state index in [9.17, 15) is 14.4 Å². The van der Waals surface area contributed by atoms with Crippen molar-refractivity contribution in [2.75, 3.05) is 6.54 Å². The number of halogens is 1. The van der Waals surface area contributed by atoms with Gasteiger partial charge in [0.2, 0.25) is 5.91 Å². The van der Waals surface area contributed by atoms with Crippen molar-refractivity contribution in [3.63, 3.8) is 0 Å². The lowest BCUT2D eigenvalue weighted by Gasteiger charge is -2.45. The third-order valence-electron chi connectivity index (χ3n) is 7.79. The van der Waals surface area contributed by atoms with Crippen LogP contribution in [-0.4, -0.2) is 46.9 Å². The van der Waals surface area contributed by atoms with Crippen LogP contribution in [0.15, 0.2) is 0 Å². The van der Waals surface area contributed by atoms with Crippen LogP contribution in [0.25, 0.3) is 0 Å². The van der Waals surface area contributed by atoms with Gasteiger partial charge in [-0.2, -0.15) is 0 Å². The van der Waals surface area contributed by atoms with Gasteiger partial charge in [-0.3, -0.25) is 14.5 Å². The van der Waals surface area contributed by atoms with Crippen molar-refractivity contribution in [2.24, 2.45) is 23.5 Å². The number of carbonyl (C=O) groups is 3. The van der Waals surface area contributed by atoms with Gasteiger partial charge in [0.05, 0.1) is 0 Å². The van der Waals surface area contributed by atoms with Gasteiger partial charge in [0.15, 0.2) is 0 Å². The number of carbonyl (C=O) groups excluding carboxylic acids is 3. The Bertz CT molecular complexity index is 636. The van der Waals surface area contributed by atoms with E-state index in [1.54, 1.807) is 0 Å². The summed E-state index contributed by atoms with van der Waals surface area (Å²) in [5, 5.41) is 6.06. The highest BCUT2D eigenvalue weighted by molar-refractivity contribution is 6.09. The molecule has 0 aromatic carbocycles. The highest BCUT2D eigenvalue weighted by atomic mass is 35.5. The van der Waals surface area contributed by atoms with E-state index in [1.165, 1.54) is 6.42 Å². The second-order valence-electron chi connectivity index (χ2n) is 9.53. The van der Waals surface area contributed by atoms with Gasteiger partial charge in [-0.25, -0.2) is 4.79 Å². The molecule has 7 nitrogen and oxygen atoms in total. The molecule has 2 unspecified atom stereocenters. The molecule has 29 heavy (non-hydrogen) atoms. The van der Waals surface area contributed by atoms with E-state index in [-0.39, 0.29) is 42.8 Å². The zero-order valence-electron chi connectivity index (χ0n) is 17.3. The summed E-state index contributed by atoms with van der Waals surface area (Å²) in [4.78, 5) is 39.3. The van der Waals surface area contributed by atoms with Crippen molar-refractivity contribution in [3.8, 4) is 0 Å². The molecule has 1 spiro atoms. The van der Waals surface area contributed by atoms with Crippen molar-refractivity contribution in [2.45, 2.75) is 88.8 Å². The van der Waals surface area contributed by atoms with Gasteiger partial charge in [-0.1, -0.05) is 19.8 Å². The fourth-order valence-corrected chi connectivity index (χ4v) is 6.14. The monoisotopic (exact) mass is 426 g/mol. The minimum atomic E-state index is -0.781. The molecule has 0 radical (unpaired) electrons. The number of urea groups is 1. The molecular formula is C21H35ClN4O3. The molecule has 4 N–H and O–H groups in total. The maximum atomic E-state index is 13.0. The van der Waals surface area contributed by atoms with Crippen molar-refractivity contribution in [1.29, 1.82) is 0 Å². The van der Waals surface area contributed by atoms with Crippen molar-refractivity contribution >= 4 is 30.3 Å². The Labute approximate surface area is 179 Å². The van der Waals surface area contributed by atoms with E-state index in [1.807, 2.05) is 0 Å². The number of nitrogens with two attached hydrogens (primary N) is 1. The Morgan fingerprint density at radius 3 is 2.38 bits per heavy atom. The predicted molar refractivity (Wildman–Crippen MR) is 112 cm³/mol. The molecule has 4 fully saturated rings. The van der Waals surface area contributed by atoms with Crippen LogP contribution in [0.3, 0.4) is 0 Å². The summed E-state index contributed by atoms with van der Waals surface area (Å²) in [6, 6.07) is -0.0516. The number of hydrogen-bond donors (Lipinski definition) is 3. The van der Waals surface area contributed by atoms with Crippen LogP contribution in [0, 0.1) is 17.8 Å². The molecule has 3 saturated carbocycles. The Morgan fingerprint density at radius 2 is 1.79 bits per heavy atom. The smallest absolute Gasteiger partial charge is 0.325 e. The van der Waals surface area contributed by atoms with Crippen LogP contribution in [0.1, 0.15) is 71.1 Å². The molecule has 164 valence electrons. The average Bonchev–Trinajstić information content (AvgIpc) is 2.87. The molecule has 1 heterocycles. The van der Waals surface area contributed by atoms with Crippen LogP contribution in [-0.2, 0) is 9.59 Å². The number of amides is 4. The van der Waals surface area contributed by atoms with Gasteiger partial charge < -0.3 is 16.4 Å². The van der Waals surface area contributed by atoms with Crippen LogP contribution in [0.4, 0.5) is 4.79 Å². The molecule has 1 saturated heterocycles. The van der Waals surface area contributed by atoms with Crippen molar-refractivity contribution in [3.05, 3.63) is 0 Å². The lowest BCUT2D eigenvalue weighted by molar-refractivity contribution is -0.136. The van der Waals surface area contributed by atoms with Gasteiger partial charge in [0.1, 0.15) is 12.1 Å². The molecule has 4 rings (SSSR count). The quantitative estimate of drug-likeness (QED) is 0.600. The van der Waals surface area contributed by atoms with E-state index in [0.29, 0.717) is 30.6 Å². The number of imide groups is 1. The number of nitrogens with one attached hydrogen (secondary N) is 2. The lowest BCUT2D eigenvalue weighted by Crippen LogP contribution is -2.55. The van der Waals surface area contributed by atoms with E-state index in [2.05, 4.69) is 17.6 Å². The third kappa shape index (κ3) is 4.26. The summed E-state index contributed by atoms with van der Waals surface area (Å²) < 4.78 is 0. The van der Waals surface area contributed by atoms with E-state index in [0.717, 1.165) is 49.8 Å². The molecule has 3 aliphatic carbocycles. The number of hydrogen-bond acceptors (Lipinski definition) is 4. The minimum absolute atomic E-state index is 0. The van der Waals surface area contributed by atoms with Gasteiger partial charge in [0, 0.05) is 12.1 Å². The normalized spacial score (nSPS) is 39.1. The van der Waals surface area contributed by atoms with Gasteiger partial charge >= 0.3 is 6.03 Å². The minimum Gasteiger partial charge on any atom is -0.351 e. The summed E-state index contributed by atoms with van der Waals surface area (Å²) in [7, 11) is 0. The molecule has 2 bridgehead atoms.